The van der Waals surface area contributed by atoms with Crippen LogP contribution in [0, 0.1) is 0 Å². The van der Waals surface area contributed by atoms with Crippen LogP contribution in [0.2, 0.25) is 19.6 Å². The zero-order valence-corrected chi connectivity index (χ0v) is 13.0. The van der Waals surface area contributed by atoms with Crippen molar-refractivity contribution in [3.05, 3.63) is 23.7 Å². The smallest absolute Gasteiger partial charge is 0.266 e. The molecule has 0 unspecified atom stereocenters. The Morgan fingerprint density at radius 2 is 1.62 bits per heavy atom. The summed E-state index contributed by atoms with van der Waals surface area (Å²) in [5.41, 5.74) is 0.928. The minimum absolute atomic E-state index is 0.223. The van der Waals surface area contributed by atoms with Gasteiger partial charge in [-0.25, -0.2) is 0 Å². The molecule has 0 aromatic rings. The van der Waals surface area contributed by atoms with Crippen LogP contribution in [-0.4, -0.2) is 13.9 Å². The van der Waals surface area contributed by atoms with Crippen LogP contribution in [0.1, 0.15) is 34.6 Å². The SMILES string of the molecule is CC=C(C)/C=C(/OC(C)(C)C)O[Si](C)(C)C. The molecule has 0 aliphatic rings. The van der Waals surface area contributed by atoms with Crippen molar-refractivity contribution in [2.45, 2.75) is 59.9 Å². The summed E-state index contributed by atoms with van der Waals surface area (Å²) in [4.78, 5) is 0. The maximum absolute atomic E-state index is 5.92. The van der Waals surface area contributed by atoms with Crippen molar-refractivity contribution in [1.29, 1.82) is 0 Å². The Bertz CT molecular complexity index is 259. The van der Waals surface area contributed by atoms with E-state index in [1.165, 1.54) is 0 Å². The summed E-state index contributed by atoms with van der Waals surface area (Å²) in [6.45, 7) is 16.6. The molecule has 0 N–H and O–H groups in total. The van der Waals surface area contributed by atoms with Crippen LogP contribution in [0.25, 0.3) is 0 Å². The predicted molar refractivity (Wildman–Crippen MR) is 72.8 cm³/mol. The molecular weight excluding hydrogens is 216 g/mol. The van der Waals surface area contributed by atoms with E-state index in [0.29, 0.717) is 5.95 Å². The second-order valence-corrected chi connectivity index (χ2v) is 10.4. The molecule has 0 aromatic heterocycles. The third-order valence-electron chi connectivity index (χ3n) is 1.61. The second kappa shape index (κ2) is 5.57. The summed E-state index contributed by atoms with van der Waals surface area (Å²) in [5.74, 6) is 0.641. The van der Waals surface area contributed by atoms with Crippen LogP contribution in [0.4, 0.5) is 0 Å². The summed E-state index contributed by atoms with van der Waals surface area (Å²) < 4.78 is 11.7. The van der Waals surface area contributed by atoms with Crippen molar-refractivity contribution in [3.8, 4) is 0 Å². The topological polar surface area (TPSA) is 18.5 Å². The molecule has 0 aliphatic carbocycles. The first-order chi connectivity index (χ1) is 7.03. The lowest BCUT2D eigenvalue weighted by atomic mass is 10.2. The van der Waals surface area contributed by atoms with E-state index in [2.05, 4.69) is 19.6 Å². The Morgan fingerprint density at radius 1 is 1.12 bits per heavy atom. The molecule has 0 aliphatic heterocycles. The van der Waals surface area contributed by atoms with Gasteiger partial charge in [0.25, 0.3) is 5.95 Å². The molecule has 0 saturated carbocycles. The maximum Gasteiger partial charge on any atom is 0.266 e. The van der Waals surface area contributed by atoms with Crippen LogP contribution < -0.4 is 0 Å². The van der Waals surface area contributed by atoms with Gasteiger partial charge in [-0.2, -0.15) is 0 Å². The summed E-state index contributed by atoms with van der Waals surface area (Å²) >= 11 is 0. The van der Waals surface area contributed by atoms with E-state index in [1.54, 1.807) is 0 Å². The fourth-order valence-corrected chi connectivity index (χ4v) is 1.66. The third-order valence-corrected chi connectivity index (χ3v) is 2.43. The fourth-order valence-electron chi connectivity index (χ4n) is 0.953. The van der Waals surface area contributed by atoms with Gasteiger partial charge in [0.2, 0.25) is 8.32 Å². The van der Waals surface area contributed by atoms with Crippen LogP contribution in [-0.2, 0) is 9.16 Å². The highest BCUT2D eigenvalue weighted by molar-refractivity contribution is 6.70. The Kier molecular flexibility index (Phi) is 5.33. The van der Waals surface area contributed by atoms with E-state index in [0.717, 1.165) is 5.57 Å². The van der Waals surface area contributed by atoms with E-state index >= 15 is 0 Å². The lowest BCUT2D eigenvalue weighted by Crippen LogP contribution is -2.29. The highest BCUT2D eigenvalue weighted by atomic mass is 28.4. The molecule has 0 radical (unpaired) electrons. The molecule has 0 rings (SSSR count). The summed E-state index contributed by atoms with van der Waals surface area (Å²) in [7, 11) is -1.62. The molecular formula is C13H26O2Si. The zero-order chi connectivity index (χ0) is 13.0. The van der Waals surface area contributed by atoms with Crippen molar-refractivity contribution >= 4 is 8.32 Å². The second-order valence-electron chi connectivity index (χ2n) is 5.92. The fraction of sp³-hybridized carbons (Fsp3) is 0.692. The van der Waals surface area contributed by atoms with E-state index in [4.69, 9.17) is 9.16 Å². The highest BCUT2D eigenvalue weighted by Crippen LogP contribution is 2.20. The number of hydrogen-bond donors (Lipinski definition) is 0. The predicted octanol–water partition coefficient (Wildman–Crippen LogP) is 4.46. The van der Waals surface area contributed by atoms with Crippen LogP contribution in [0.5, 0.6) is 0 Å². The quantitative estimate of drug-likeness (QED) is 0.411. The maximum atomic E-state index is 5.92. The van der Waals surface area contributed by atoms with Gasteiger partial charge in [0.1, 0.15) is 5.60 Å². The molecule has 94 valence electrons. The Labute approximate surface area is 101 Å². The Morgan fingerprint density at radius 3 is 1.94 bits per heavy atom. The first-order valence-corrected chi connectivity index (χ1v) is 9.17. The van der Waals surface area contributed by atoms with Gasteiger partial charge in [0, 0.05) is 6.08 Å². The number of allylic oxidation sites excluding steroid dienone is 3. The minimum atomic E-state index is -1.62. The lowest BCUT2D eigenvalue weighted by molar-refractivity contribution is -0.00828. The molecule has 16 heavy (non-hydrogen) atoms. The molecule has 0 atom stereocenters. The normalized spacial score (nSPS) is 15.0. The van der Waals surface area contributed by atoms with Gasteiger partial charge in [0.15, 0.2) is 0 Å². The summed E-state index contributed by atoms with van der Waals surface area (Å²) in [5, 5.41) is 0. The van der Waals surface area contributed by atoms with Gasteiger partial charge in [-0.3, -0.25) is 0 Å². The first-order valence-electron chi connectivity index (χ1n) is 5.76. The molecule has 0 spiro atoms. The van der Waals surface area contributed by atoms with Gasteiger partial charge >= 0.3 is 0 Å². The van der Waals surface area contributed by atoms with Gasteiger partial charge in [-0.1, -0.05) is 6.08 Å². The lowest BCUT2D eigenvalue weighted by Gasteiger charge is -2.28. The third kappa shape index (κ3) is 8.59. The Hall–Kier alpha value is -0.703. The van der Waals surface area contributed by atoms with Gasteiger partial charge in [-0.05, 0) is 59.8 Å². The number of ether oxygens (including phenoxy) is 1. The highest BCUT2D eigenvalue weighted by Gasteiger charge is 2.22. The standard InChI is InChI=1S/C13H26O2Si/c1-9-11(2)10-12(14-13(3,4)5)15-16(6,7)8/h9-10H,1-8H3/b11-9?,12-10-. The van der Waals surface area contributed by atoms with E-state index in [-0.39, 0.29) is 5.60 Å². The van der Waals surface area contributed by atoms with Gasteiger partial charge in [-0.15, -0.1) is 0 Å². The molecule has 2 nitrogen and oxygen atoms in total. The molecule has 0 fully saturated rings. The average molecular weight is 242 g/mol. The van der Waals surface area contributed by atoms with Gasteiger partial charge in [0.05, 0.1) is 0 Å². The summed E-state index contributed by atoms with van der Waals surface area (Å²) in [6, 6.07) is 0. The number of hydrogen-bond acceptors (Lipinski definition) is 2. The monoisotopic (exact) mass is 242 g/mol. The van der Waals surface area contributed by atoms with Crippen LogP contribution in [0.3, 0.4) is 0 Å². The Balaban J connectivity index is 4.86. The molecule has 3 heteroatoms. The molecule has 0 aromatic carbocycles. The van der Waals surface area contributed by atoms with Crippen LogP contribution in [0.15, 0.2) is 23.7 Å². The summed E-state index contributed by atoms with van der Waals surface area (Å²) in [6.07, 6.45) is 4.00. The van der Waals surface area contributed by atoms with Crippen molar-refractivity contribution in [2.24, 2.45) is 0 Å². The van der Waals surface area contributed by atoms with Crippen molar-refractivity contribution < 1.29 is 9.16 Å². The minimum Gasteiger partial charge on any atom is -0.520 e. The van der Waals surface area contributed by atoms with Crippen molar-refractivity contribution in [1.82, 2.24) is 0 Å². The molecule has 0 heterocycles. The van der Waals surface area contributed by atoms with Crippen LogP contribution >= 0.6 is 0 Å². The average Bonchev–Trinajstić information content (AvgIpc) is 1.97. The molecule has 0 bridgehead atoms. The molecule has 0 saturated heterocycles. The van der Waals surface area contributed by atoms with E-state index < -0.39 is 8.32 Å². The number of rotatable bonds is 4. The zero-order valence-electron chi connectivity index (χ0n) is 12.0. The largest absolute Gasteiger partial charge is 0.520 e. The van der Waals surface area contributed by atoms with Crippen molar-refractivity contribution in [2.75, 3.05) is 0 Å². The van der Waals surface area contributed by atoms with Crippen molar-refractivity contribution in [3.63, 3.8) is 0 Å². The first kappa shape index (κ1) is 15.3. The molecule has 0 amide bonds. The van der Waals surface area contributed by atoms with E-state index in [1.807, 2.05) is 46.8 Å². The van der Waals surface area contributed by atoms with E-state index in [9.17, 15) is 0 Å². The van der Waals surface area contributed by atoms with Gasteiger partial charge < -0.3 is 9.16 Å².